The van der Waals surface area contributed by atoms with Crippen LogP contribution >= 0.6 is 0 Å². The van der Waals surface area contributed by atoms with Crippen molar-refractivity contribution in [1.29, 1.82) is 0 Å². The molecule has 1 atom stereocenters. The van der Waals surface area contributed by atoms with Crippen LogP contribution in [-0.2, 0) is 4.74 Å². The number of nitrogens with one attached hydrogen (secondary N) is 1. The van der Waals surface area contributed by atoms with Crippen molar-refractivity contribution in [2.45, 2.75) is 71.8 Å². The zero-order valence-corrected chi connectivity index (χ0v) is 18.6. The zero-order chi connectivity index (χ0) is 20.8. The molecule has 0 aromatic heterocycles. The van der Waals surface area contributed by atoms with E-state index < -0.39 is 0 Å². The number of amidine groups is 1. The highest BCUT2D eigenvalue weighted by molar-refractivity contribution is 6.08. The topological polar surface area (TPSA) is 36.9 Å². The standard InChI is InChI=1S/C25H37N3O/c1-18(2)20(4)25(26-21(5)28-15-16-29-19(3)17-28)27-24-13-11-23(12-14-24)22-9-7-6-8-10-22/h11-14,19,22H,5-10,15-17H2,1-4H3,(H,26,27). The van der Waals surface area contributed by atoms with Gasteiger partial charge in [0.1, 0.15) is 11.7 Å². The molecular formula is C25H37N3O. The van der Waals surface area contributed by atoms with E-state index in [0.29, 0.717) is 0 Å². The summed E-state index contributed by atoms with van der Waals surface area (Å²) in [5, 5.41) is 3.54. The Morgan fingerprint density at radius 3 is 2.41 bits per heavy atom. The van der Waals surface area contributed by atoms with Gasteiger partial charge in [0.2, 0.25) is 0 Å². The summed E-state index contributed by atoms with van der Waals surface area (Å²) in [6, 6.07) is 8.95. The number of hydrogen-bond donors (Lipinski definition) is 1. The molecule has 29 heavy (non-hydrogen) atoms. The van der Waals surface area contributed by atoms with Crippen LogP contribution in [0.5, 0.6) is 0 Å². The van der Waals surface area contributed by atoms with Crippen LogP contribution in [0.15, 0.2) is 52.8 Å². The molecule has 0 spiro atoms. The number of benzene rings is 1. The van der Waals surface area contributed by atoms with Crippen molar-refractivity contribution in [3.8, 4) is 0 Å². The van der Waals surface area contributed by atoms with E-state index in [0.717, 1.165) is 48.5 Å². The van der Waals surface area contributed by atoms with E-state index in [9.17, 15) is 0 Å². The maximum Gasteiger partial charge on any atom is 0.135 e. The molecule has 1 saturated carbocycles. The van der Waals surface area contributed by atoms with Crippen molar-refractivity contribution in [1.82, 2.24) is 4.90 Å². The van der Waals surface area contributed by atoms with Crippen molar-refractivity contribution in [3.05, 3.63) is 53.4 Å². The van der Waals surface area contributed by atoms with Crippen LogP contribution in [0.2, 0.25) is 0 Å². The van der Waals surface area contributed by atoms with E-state index in [1.807, 2.05) is 0 Å². The van der Waals surface area contributed by atoms with Gasteiger partial charge in [-0.05, 0) is 69.7 Å². The van der Waals surface area contributed by atoms with Gasteiger partial charge in [0.15, 0.2) is 0 Å². The zero-order valence-electron chi connectivity index (χ0n) is 18.6. The number of anilines is 1. The van der Waals surface area contributed by atoms with Gasteiger partial charge in [-0.2, -0.15) is 0 Å². The predicted molar refractivity (Wildman–Crippen MR) is 124 cm³/mol. The smallest absolute Gasteiger partial charge is 0.135 e. The Kier molecular flexibility index (Phi) is 7.54. The number of aliphatic imine (C=N–C) groups is 1. The normalized spacial score (nSPS) is 21.0. The Morgan fingerprint density at radius 1 is 1.10 bits per heavy atom. The highest BCUT2D eigenvalue weighted by atomic mass is 16.5. The third kappa shape index (κ3) is 5.96. The summed E-state index contributed by atoms with van der Waals surface area (Å²) < 4.78 is 5.65. The Labute approximate surface area is 176 Å². The molecular weight excluding hydrogens is 358 g/mol. The average Bonchev–Trinajstić information content (AvgIpc) is 2.73. The fourth-order valence-corrected chi connectivity index (χ4v) is 4.11. The fourth-order valence-electron chi connectivity index (χ4n) is 4.11. The largest absolute Gasteiger partial charge is 0.375 e. The van der Waals surface area contributed by atoms with Crippen LogP contribution < -0.4 is 5.32 Å². The number of rotatable bonds is 5. The summed E-state index contributed by atoms with van der Waals surface area (Å²) >= 11 is 0. The fraction of sp³-hybridized carbons (Fsp3) is 0.560. The molecule has 0 amide bonds. The molecule has 2 aliphatic rings. The van der Waals surface area contributed by atoms with Gasteiger partial charge in [0.05, 0.1) is 12.7 Å². The molecule has 1 saturated heterocycles. The van der Waals surface area contributed by atoms with Crippen molar-refractivity contribution >= 4 is 11.5 Å². The predicted octanol–water partition coefficient (Wildman–Crippen LogP) is 6.09. The molecule has 1 aliphatic heterocycles. The second kappa shape index (κ2) is 10.1. The molecule has 4 nitrogen and oxygen atoms in total. The van der Waals surface area contributed by atoms with Crippen molar-refractivity contribution in [2.75, 3.05) is 25.0 Å². The van der Waals surface area contributed by atoms with Crippen molar-refractivity contribution < 1.29 is 4.74 Å². The molecule has 2 fully saturated rings. The summed E-state index contributed by atoms with van der Waals surface area (Å²) in [5.74, 6) is 2.40. The Balaban J connectivity index is 1.75. The van der Waals surface area contributed by atoms with Gasteiger partial charge < -0.3 is 15.0 Å². The highest BCUT2D eigenvalue weighted by Crippen LogP contribution is 2.33. The van der Waals surface area contributed by atoms with Crippen molar-refractivity contribution in [2.24, 2.45) is 4.99 Å². The second-order valence-electron chi connectivity index (χ2n) is 8.71. The first-order chi connectivity index (χ1) is 13.9. The molecule has 1 N–H and O–H groups in total. The molecule has 1 aliphatic carbocycles. The quantitative estimate of drug-likeness (QED) is 0.484. The number of nitrogens with zero attached hydrogens (tertiary/aromatic N) is 2. The minimum atomic E-state index is 0.212. The maximum absolute atomic E-state index is 5.65. The summed E-state index contributed by atoms with van der Waals surface area (Å²) in [6.07, 6.45) is 6.99. The number of ether oxygens (including phenoxy) is 1. The van der Waals surface area contributed by atoms with E-state index in [1.54, 1.807) is 0 Å². The lowest BCUT2D eigenvalue weighted by atomic mass is 9.84. The Morgan fingerprint density at radius 2 is 1.79 bits per heavy atom. The Bertz CT molecular complexity index is 753. The van der Waals surface area contributed by atoms with Crippen LogP contribution in [0.4, 0.5) is 5.69 Å². The van der Waals surface area contributed by atoms with Crippen LogP contribution in [0.25, 0.3) is 0 Å². The van der Waals surface area contributed by atoms with Crippen LogP contribution in [0.3, 0.4) is 0 Å². The molecule has 158 valence electrons. The lowest BCUT2D eigenvalue weighted by molar-refractivity contribution is -0.00598. The lowest BCUT2D eigenvalue weighted by Crippen LogP contribution is -2.40. The summed E-state index contributed by atoms with van der Waals surface area (Å²) in [6.45, 7) is 15.1. The minimum Gasteiger partial charge on any atom is -0.375 e. The SMILES string of the molecule is C=C(/N=C(/Nc1ccc(C2CCCCC2)cc1)C(C)=C(C)C)N1CCOC(C)C1. The Hall–Kier alpha value is -2.07. The first kappa shape index (κ1) is 21.6. The van der Waals surface area contributed by atoms with E-state index in [4.69, 9.17) is 9.73 Å². The second-order valence-corrected chi connectivity index (χ2v) is 8.71. The van der Waals surface area contributed by atoms with Crippen LogP contribution in [-0.4, -0.2) is 36.5 Å². The number of allylic oxidation sites excluding steroid dienone is 1. The first-order valence-electron chi connectivity index (χ1n) is 11.1. The van der Waals surface area contributed by atoms with Crippen LogP contribution in [0, 0.1) is 0 Å². The minimum absolute atomic E-state index is 0.212. The maximum atomic E-state index is 5.65. The molecule has 3 rings (SSSR count). The first-order valence-corrected chi connectivity index (χ1v) is 11.1. The molecule has 0 radical (unpaired) electrons. The van der Waals surface area contributed by atoms with Crippen molar-refractivity contribution in [3.63, 3.8) is 0 Å². The molecule has 0 bridgehead atoms. The third-order valence-electron chi connectivity index (χ3n) is 6.20. The van der Waals surface area contributed by atoms with Gasteiger partial charge in [0, 0.05) is 18.8 Å². The van der Waals surface area contributed by atoms with Gasteiger partial charge in [-0.1, -0.05) is 43.5 Å². The van der Waals surface area contributed by atoms with E-state index >= 15 is 0 Å². The average molecular weight is 396 g/mol. The third-order valence-corrected chi connectivity index (χ3v) is 6.20. The summed E-state index contributed by atoms with van der Waals surface area (Å²) in [7, 11) is 0. The summed E-state index contributed by atoms with van der Waals surface area (Å²) in [4.78, 5) is 7.10. The monoisotopic (exact) mass is 395 g/mol. The molecule has 1 heterocycles. The molecule has 4 heteroatoms. The molecule has 1 unspecified atom stereocenters. The van der Waals surface area contributed by atoms with E-state index in [1.165, 1.54) is 43.2 Å². The lowest BCUT2D eigenvalue weighted by Gasteiger charge is -2.32. The van der Waals surface area contributed by atoms with Gasteiger partial charge in [-0.15, -0.1) is 0 Å². The van der Waals surface area contributed by atoms with Gasteiger partial charge in [-0.25, -0.2) is 4.99 Å². The van der Waals surface area contributed by atoms with Gasteiger partial charge in [-0.3, -0.25) is 0 Å². The molecule has 1 aromatic carbocycles. The number of hydrogen-bond acceptors (Lipinski definition) is 3. The summed E-state index contributed by atoms with van der Waals surface area (Å²) in [5.41, 5.74) is 4.95. The van der Waals surface area contributed by atoms with E-state index in [2.05, 4.69) is 68.8 Å². The van der Waals surface area contributed by atoms with E-state index in [-0.39, 0.29) is 6.10 Å². The van der Waals surface area contributed by atoms with Crippen LogP contribution in [0.1, 0.15) is 71.3 Å². The number of morpholine rings is 1. The highest BCUT2D eigenvalue weighted by Gasteiger charge is 2.19. The van der Waals surface area contributed by atoms with Gasteiger partial charge in [0.25, 0.3) is 0 Å². The van der Waals surface area contributed by atoms with Gasteiger partial charge >= 0.3 is 0 Å². The molecule has 1 aromatic rings.